The van der Waals surface area contributed by atoms with Crippen LogP contribution in [0.1, 0.15) is 17.0 Å². The molecule has 0 fully saturated rings. The second-order valence-electron chi connectivity index (χ2n) is 7.08. The lowest BCUT2D eigenvalue weighted by molar-refractivity contribution is -0.176. The molecule has 32 heavy (non-hydrogen) atoms. The summed E-state index contributed by atoms with van der Waals surface area (Å²) < 4.78 is 57.4. The molecule has 0 radical (unpaired) electrons. The van der Waals surface area contributed by atoms with Crippen molar-refractivity contribution in [2.24, 2.45) is 0 Å². The molecule has 6 nitrogen and oxygen atoms in total. The number of hydrogen-bond donors (Lipinski definition) is 0. The van der Waals surface area contributed by atoms with Crippen molar-refractivity contribution in [1.29, 1.82) is 0 Å². The van der Waals surface area contributed by atoms with Gasteiger partial charge in [0.1, 0.15) is 31.3 Å². The van der Waals surface area contributed by atoms with Crippen LogP contribution in [0.4, 0.5) is 13.2 Å². The van der Waals surface area contributed by atoms with Crippen molar-refractivity contribution in [2.45, 2.75) is 26.6 Å². The zero-order valence-corrected chi connectivity index (χ0v) is 17.9. The van der Waals surface area contributed by atoms with E-state index in [1.165, 1.54) is 0 Å². The number of fused-ring (bicyclic) bond motifs is 1. The van der Waals surface area contributed by atoms with Gasteiger partial charge in [-0.1, -0.05) is 12.1 Å². The largest absolute Gasteiger partial charge is 0.491 e. The van der Waals surface area contributed by atoms with Gasteiger partial charge < -0.3 is 18.9 Å². The zero-order chi connectivity index (χ0) is 23.0. The molecular weight excluding hydrogens is 425 g/mol. The number of benzene rings is 1. The van der Waals surface area contributed by atoms with Crippen molar-refractivity contribution in [2.75, 3.05) is 33.0 Å². The van der Waals surface area contributed by atoms with Crippen molar-refractivity contribution in [3.05, 3.63) is 59.5 Å². The first-order valence-electron chi connectivity index (χ1n) is 10.1. The summed E-state index contributed by atoms with van der Waals surface area (Å²) in [5.41, 5.74) is 3.32. The monoisotopic (exact) mass is 450 g/mol. The predicted octanol–water partition coefficient (Wildman–Crippen LogP) is 4.80. The van der Waals surface area contributed by atoms with Gasteiger partial charge in [-0.15, -0.1) is 0 Å². The Bertz CT molecular complexity index is 1030. The van der Waals surface area contributed by atoms with Crippen LogP contribution in [0, 0.1) is 13.8 Å². The number of para-hydroxylation sites is 1. The number of rotatable bonds is 11. The van der Waals surface area contributed by atoms with E-state index in [-0.39, 0.29) is 33.0 Å². The van der Waals surface area contributed by atoms with E-state index in [9.17, 15) is 13.2 Å². The Morgan fingerprint density at radius 1 is 0.875 bits per heavy atom. The molecule has 2 aromatic heterocycles. The van der Waals surface area contributed by atoms with E-state index >= 15 is 0 Å². The van der Waals surface area contributed by atoms with Gasteiger partial charge in [0.2, 0.25) is 0 Å². The highest BCUT2D eigenvalue weighted by atomic mass is 19.4. The normalized spacial score (nSPS) is 11.7. The summed E-state index contributed by atoms with van der Waals surface area (Å²) in [5, 5.41) is 0.930. The number of alkyl halides is 3. The molecule has 3 rings (SSSR count). The maximum absolute atomic E-state index is 12.0. The van der Waals surface area contributed by atoms with Crippen molar-refractivity contribution in [1.82, 2.24) is 9.97 Å². The molecule has 0 aliphatic carbocycles. The average Bonchev–Trinajstić information content (AvgIpc) is 2.74. The summed E-state index contributed by atoms with van der Waals surface area (Å²) in [5.74, 6) is 1.38. The van der Waals surface area contributed by atoms with Crippen molar-refractivity contribution < 1.29 is 32.1 Å². The van der Waals surface area contributed by atoms with E-state index in [0.29, 0.717) is 5.75 Å². The van der Waals surface area contributed by atoms with Gasteiger partial charge in [-0.05, 0) is 32.0 Å². The van der Waals surface area contributed by atoms with Gasteiger partial charge in [0.05, 0.1) is 31.0 Å². The lowest BCUT2D eigenvalue weighted by Gasteiger charge is -2.14. The molecule has 0 N–H and O–H groups in total. The van der Waals surface area contributed by atoms with Gasteiger partial charge in [0.25, 0.3) is 0 Å². The van der Waals surface area contributed by atoms with Gasteiger partial charge in [-0.2, -0.15) is 13.2 Å². The molecule has 1 aromatic carbocycles. The fourth-order valence-electron chi connectivity index (χ4n) is 3.01. The molecule has 0 amide bonds. The van der Waals surface area contributed by atoms with Crippen LogP contribution in [0.5, 0.6) is 11.5 Å². The Hall–Kier alpha value is -2.91. The van der Waals surface area contributed by atoms with Crippen LogP contribution in [0.25, 0.3) is 10.9 Å². The van der Waals surface area contributed by atoms with Crippen LogP contribution in [0.2, 0.25) is 0 Å². The minimum Gasteiger partial charge on any atom is -0.491 e. The number of aromatic nitrogens is 2. The molecule has 9 heteroatoms. The highest BCUT2D eigenvalue weighted by Gasteiger charge is 2.27. The molecule has 0 atom stereocenters. The van der Waals surface area contributed by atoms with Crippen LogP contribution in [-0.2, 0) is 16.1 Å². The molecule has 172 valence electrons. The molecular formula is C23H25F3N2O4. The summed E-state index contributed by atoms with van der Waals surface area (Å²) in [6.07, 6.45) is -2.69. The SMILES string of the molecule is Cc1cc(OCc2nccc(OCCOCCOCC(F)(F)F)c2C)c2ccccc2n1. The highest BCUT2D eigenvalue weighted by Crippen LogP contribution is 2.27. The van der Waals surface area contributed by atoms with Gasteiger partial charge in [-0.25, -0.2) is 0 Å². The Balaban J connectivity index is 1.49. The maximum Gasteiger partial charge on any atom is 0.411 e. The third kappa shape index (κ3) is 7.06. The maximum atomic E-state index is 12.0. The molecule has 0 saturated heterocycles. The number of halogens is 3. The number of aryl methyl sites for hydroxylation is 1. The predicted molar refractivity (Wildman–Crippen MR) is 113 cm³/mol. The summed E-state index contributed by atoms with van der Waals surface area (Å²) in [6.45, 7) is 3.21. The second kappa shape index (κ2) is 11.1. The van der Waals surface area contributed by atoms with Crippen molar-refractivity contribution >= 4 is 10.9 Å². The van der Waals surface area contributed by atoms with Crippen molar-refractivity contribution in [3.63, 3.8) is 0 Å². The topological polar surface area (TPSA) is 62.7 Å². The molecule has 0 spiro atoms. The van der Waals surface area contributed by atoms with E-state index in [1.54, 1.807) is 12.3 Å². The minimum absolute atomic E-state index is 0.0627. The number of pyridine rings is 2. The summed E-state index contributed by atoms with van der Waals surface area (Å²) in [6, 6.07) is 11.4. The first-order valence-corrected chi connectivity index (χ1v) is 10.1. The van der Waals surface area contributed by atoms with E-state index in [0.717, 1.165) is 33.6 Å². The first kappa shape index (κ1) is 23.7. The molecule has 0 unspecified atom stereocenters. The van der Waals surface area contributed by atoms with Gasteiger partial charge in [-0.3, -0.25) is 9.97 Å². The van der Waals surface area contributed by atoms with E-state index in [2.05, 4.69) is 14.7 Å². The number of nitrogens with zero attached hydrogens (tertiary/aromatic N) is 2. The van der Waals surface area contributed by atoms with E-state index < -0.39 is 12.8 Å². The third-order valence-electron chi connectivity index (χ3n) is 4.55. The standard InChI is InChI=1S/C23H25F3N2O4/c1-16-13-22(18-5-3-4-6-19(18)28-16)32-14-20-17(2)21(7-8-27-20)31-12-11-29-9-10-30-15-23(24,25)26/h3-8,13H,9-12,14-15H2,1-2H3. The first-order chi connectivity index (χ1) is 15.3. The Morgan fingerprint density at radius 3 is 2.44 bits per heavy atom. The highest BCUT2D eigenvalue weighted by molar-refractivity contribution is 5.85. The van der Waals surface area contributed by atoms with Crippen LogP contribution >= 0.6 is 0 Å². The quantitative estimate of drug-likeness (QED) is 0.391. The molecule has 0 aliphatic heterocycles. The van der Waals surface area contributed by atoms with Gasteiger partial charge in [0.15, 0.2) is 0 Å². The molecule has 0 saturated carbocycles. The summed E-state index contributed by atoms with van der Waals surface area (Å²) in [7, 11) is 0. The summed E-state index contributed by atoms with van der Waals surface area (Å²) in [4.78, 5) is 8.91. The fourth-order valence-corrected chi connectivity index (χ4v) is 3.01. The van der Waals surface area contributed by atoms with Crippen LogP contribution in [0.15, 0.2) is 42.6 Å². The number of hydrogen-bond acceptors (Lipinski definition) is 6. The van der Waals surface area contributed by atoms with Crippen LogP contribution < -0.4 is 9.47 Å². The van der Waals surface area contributed by atoms with Crippen LogP contribution in [-0.4, -0.2) is 49.2 Å². The molecule has 3 aromatic rings. The van der Waals surface area contributed by atoms with Gasteiger partial charge in [0, 0.05) is 28.9 Å². The van der Waals surface area contributed by atoms with Crippen molar-refractivity contribution in [3.8, 4) is 11.5 Å². The number of ether oxygens (including phenoxy) is 4. The lowest BCUT2D eigenvalue weighted by Crippen LogP contribution is -2.19. The average molecular weight is 450 g/mol. The Kier molecular flexibility index (Phi) is 8.24. The van der Waals surface area contributed by atoms with E-state index in [4.69, 9.17) is 14.2 Å². The molecule has 0 bridgehead atoms. The Labute approximate surface area is 184 Å². The molecule has 2 heterocycles. The smallest absolute Gasteiger partial charge is 0.411 e. The zero-order valence-electron chi connectivity index (χ0n) is 17.9. The lowest BCUT2D eigenvalue weighted by atomic mass is 10.2. The fraction of sp³-hybridized carbons (Fsp3) is 0.391. The van der Waals surface area contributed by atoms with E-state index in [1.807, 2.05) is 44.2 Å². The van der Waals surface area contributed by atoms with Gasteiger partial charge >= 0.3 is 6.18 Å². The Morgan fingerprint density at radius 2 is 1.62 bits per heavy atom. The second-order valence-corrected chi connectivity index (χ2v) is 7.08. The summed E-state index contributed by atoms with van der Waals surface area (Å²) >= 11 is 0. The van der Waals surface area contributed by atoms with Crippen LogP contribution in [0.3, 0.4) is 0 Å². The molecule has 0 aliphatic rings. The minimum atomic E-state index is -4.33. The third-order valence-corrected chi connectivity index (χ3v) is 4.55.